The van der Waals surface area contributed by atoms with E-state index in [1.807, 2.05) is 0 Å². The fraction of sp³-hybridized carbons (Fsp3) is 0.529. The Bertz CT molecular complexity index is 566. The smallest absolute Gasteiger partial charge is 0.0489 e. The molecule has 1 atom stereocenters. The number of H-pyrrole nitrogens is 1. The number of hydrogen-bond acceptors (Lipinski definition) is 1. The maximum absolute atomic E-state index is 3.64. The van der Waals surface area contributed by atoms with Crippen molar-refractivity contribution in [2.45, 2.75) is 53.5 Å². The maximum atomic E-state index is 3.64. The zero-order valence-corrected chi connectivity index (χ0v) is 12.9. The molecule has 104 valence electrons. The van der Waals surface area contributed by atoms with Gasteiger partial charge in [-0.05, 0) is 50.4 Å². The summed E-state index contributed by atoms with van der Waals surface area (Å²) in [5.41, 5.74) is 6.88. The summed E-state index contributed by atoms with van der Waals surface area (Å²) in [5, 5.41) is 5.03. The van der Waals surface area contributed by atoms with Gasteiger partial charge in [0.05, 0.1) is 0 Å². The third-order valence-corrected chi connectivity index (χ3v) is 3.93. The van der Waals surface area contributed by atoms with E-state index in [2.05, 4.69) is 57.1 Å². The quantitative estimate of drug-likeness (QED) is 0.817. The van der Waals surface area contributed by atoms with Gasteiger partial charge in [-0.2, -0.15) is 0 Å². The van der Waals surface area contributed by atoms with Gasteiger partial charge in [0.25, 0.3) is 0 Å². The monoisotopic (exact) mass is 258 g/mol. The molecule has 0 saturated carbocycles. The average molecular weight is 258 g/mol. The molecular formula is C17H26N2. The Labute approximate surface area is 116 Å². The molecular weight excluding hydrogens is 232 g/mol. The SMILES string of the molecule is CCNC(CC)c1c(CC)[nH]c2c(C)cc(C)cc12. The van der Waals surface area contributed by atoms with Crippen molar-refractivity contribution in [1.29, 1.82) is 0 Å². The molecule has 1 aromatic carbocycles. The van der Waals surface area contributed by atoms with Crippen LogP contribution >= 0.6 is 0 Å². The largest absolute Gasteiger partial charge is 0.358 e. The van der Waals surface area contributed by atoms with Crippen LogP contribution in [0.1, 0.15) is 55.6 Å². The second-order valence-electron chi connectivity index (χ2n) is 5.39. The van der Waals surface area contributed by atoms with Gasteiger partial charge in [-0.25, -0.2) is 0 Å². The summed E-state index contributed by atoms with van der Waals surface area (Å²) in [6.45, 7) is 12.1. The summed E-state index contributed by atoms with van der Waals surface area (Å²) in [7, 11) is 0. The molecule has 1 heterocycles. The van der Waals surface area contributed by atoms with Gasteiger partial charge in [0.15, 0.2) is 0 Å². The minimum absolute atomic E-state index is 0.454. The third kappa shape index (κ3) is 2.55. The molecule has 0 bridgehead atoms. The number of rotatable bonds is 5. The normalized spacial score (nSPS) is 13.1. The zero-order valence-electron chi connectivity index (χ0n) is 12.9. The fourth-order valence-corrected chi connectivity index (χ4v) is 3.10. The van der Waals surface area contributed by atoms with Gasteiger partial charge in [-0.3, -0.25) is 0 Å². The average Bonchev–Trinajstić information content (AvgIpc) is 2.74. The number of aryl methyl sites for hydroxylation is 3. The molecule has 0 spiro atoms. The van der Waals surface area contributed by atoms with Crippen LogP contribution in [0.2, 0.25) is 0 Å². The standard InChI is InChI=1S/C17H26N2/c1-6-14(18-8-3)16-13-10-11(4)9-12(5)17(13)19-15(16)7-2/h9-10,14,18-19H,6-8H2,1-5H3. The first-order valence-electron chi connectivity index (χ1n) is 7.47. The van der Waals surface area contributed by atoms with E-state index in [1.165, 1.54) is 33.3 Å². The van der Waals surface area contributed by atoms with Gasteiger partial charge in [-0.15, -0.1) is 0 Å². The fourth-order valence-electron chi connectivity index (χ4n) is 3.10. The van der Waals surface area contributed by atoms with Crippen LogP contribution in [0.3, 0.4) is 0 Å². The van der Waals surface area contributed by atoms with Gasteiger partial charge >= 0.3 is 0 Å². The Kier molecular flexibility index (Phi) is 4.31. The highest BCUT2D eigenvalue weighted by Gasteiger charge is 2.18. The van der Waals surface area contributed by atoms with Crippen LogP contribution in [0, 0.1) is 13.8 Å². The Morgan fingerprint density at radius 3 is 2.47 bits per heavy atom. The molecule has 1 unspecified atom stereocenters. The Morgan fingerprint density at radius 1 is 1.16 bits per heavy atom. The van der Waals surface area contributed by atoms with Crippen molar-refractivity contribution in [3.05, 3.63) is 34.5 Å². The van der Waals surface area contributed by atoms with Gasteiger partial charge in [-0.1, -0.05) is 32.4 Å². The molecule has 1 aromatic heterocycles. The van der Waals surface area contributed by atoms with Crippen LogP contribution in [-0.2, 0) is 6.42 Å². The van der Waals surface area contributed by atoms with E-state index >= 15 is 0 Å². The van der Waals surface area contributed by atoms with E-state index in [4.69, 9.17) is 0 Å². The number of fused-ring (bicyclic) bond motifs is 1. The van der Waals surface area contributed by atoms with Crippen LogP contribution in [0.5, 0.6) is 0 Å². The summed E-state index contributed by atoms with van der Waals surface area (Å²) in [4.78, 5) is 3.64. The lowest BCUT2D eigenvalue weighted by atomic mass is 9.97. The van der Waals surface area contributed by atoms with Gasteiger partial charge in [0, 0.05) is 22.6 Å². The van der Waals surface area contributed by atoms with Crippen LogP contribution < -0.4 is 5.32 Å². The van der Waals surface area contributed by atoms with E-state index in [0.717, 1.165) is 19.4 Å². The summed E-state index contributed by atoms with van der Waals surface area (Å²) >= 11 is 0. The predicted octanol–water partition coefficient (Wildman–Crippen LogP) is 4.41. The van der Waals surface area contributed by atoms with Crippen LogP contribution in [0.15, 0.2) is 12.1 Å². The van der Waals surface area contributed by atoms with Gasteiger partial charge in [0.2, 0.25) is 0 Å². The number of nitrogens with one attached hydrogen (secondary N) is 2. The molecule has 0 aliphatic carbocycles. The number of aromatic nitrogens is 1. The first-order chi connectivity index (χ1) is 9.12. The molecule has 2 aromatic rings. The Morgan fingerprint density at radius 2 is 1.89 bits per heavy atom. The lowest BCUT2D eigenvalue weighted by molar-refractivity contribution is 0.536. The molecule has 2 nitrogen and oxygen atoms in total. The summed E-state index contributed by atoms with van der Waals surface area (Å²) in [5.74, 6) is 0. The first kappa shape index (κ1) is 14.1. The summed E-state index contributed by atoms with van der Waals surface area (Å²) in [6, 6.07) is 5.04. The Hall–Kier alpha value is -1.28. The van der Waals surface area contributed by atoms with Crippen molar-refractivity contribution in [2.24, 2.45) is 0 Å². The van der Waals surface area contributed by atoms with Crippen LogP contribution in [0.25, 0.3) is 10.9 Å². The lowest BCUT2D eigenvalue weighted by Crippen LogP contribution is -2.20. The number of aromatic amines is 1. The maximum Gasteiger partial charge on any atom is 0.0489 e. The highest BCUT2D eigenvalue weighted by atomic mass is 14.9. The van der Waals surface area contributed by atoms with Crippen LogP contribution in [0.4, 0.5) is 0 Å². The topological polar surface area (TPSA) is 27.8 Å². The zero-order chi connectivity index (χ0) is 14.0. The summed E-state index contributed by atoms with van der Waals surface area (Å²) < 4.78 is 0. The first-order valence-corrected chi connectivity index (χ1v) is 7.47. The molecule has 0 saturated heterocycles. The van der Waals surface area contributed by atoms with E-state index in [1.54, 1.807) is 0 Å². The number of benzene rings is 1. The molecule has 2 N–H and O–H groups in total. The van der Waals surface area contributed by atoms with Gasteiger partial charge in [0.1, 0.15) is 0 Å². The highest BCUT2D eigenvalue weighted by molar-refractivity contribution is 5.88. The second-order valence-corrected chi connectivity index (χ2v) is 5.39. The van der Waals surface area contributed by atoms with Gasteiger partial charge < -0.3 is 10.3 Å². The minimum atomic E-state index is 0.454. The second kappa shape index (κ2) is 5.79. The minimum Gasteiger partial charge on any atom is -0.358 e. The molecule has 0 amide bonds. The highest BCUT2D eigenvalue weighted by Crippen LogP contribution is 2.32. The third-order valence-electron chi connectivity index (χ3n) is 3.93. The van der Waals surface area contributed by atoms with Crippen molar-refractivity contribution in [3.8, 4) is 0 Å². The van der Waals surface area contributed by atoms with Crippen molar-refractivity contribution >= 4 is 10.9 Å². The number of hydrogen-bond donors (Lipinski definition) is 2. The molecule has 0 aliphatic heterocycles. The van der Waals surface area contributed by atoms with Crippen LogP contribution in [-0.4, -0.2) is 11.5 Å². The molecule has 2 heteroatoms. The predicted molar refractivity (Wildman–Crippen MR) is 83.9 cm³/mol. The van der Waals surface area contributed by atoms with Crippen molar-refractivity contribution in [1.82, 2.24) is 10.3 Å². The molecule has 0 radical (unpaired) electrons. The van der Waals surface area contributed by atoms with E-state index in [0.29, 0.717) is 6.04 Å². The van der Waals surface area contributed by atoms with E-state index in [9.17, 15) is 0 Å². The van der Waals surface area contributed by atoms with Crippen molar-refractivity contribution in [2.75, 3.05) is 6.54 Å². The van der Waals surface area contributed by atoms with E-state index in [-0.39, 0.29) is 0 Å². The van der Waals surface area contributed by atoms with Crippen molar-refractivity contribution < 1.29 is 0 Å². The summed E-state index contributed by atoms with van der Waals surface area (Å²) in [6.07, 6.45) is 2.19. The van der Waals surface area contributed by atoms with E-state index < -0.39 is 0 Å². The molecule has 19 heavy (non-hydrogen) atoms. The van der Waals surface area contributed by atoms with Crippen molar-refractivity contribution in [3.63, 3.8) is 0 Å². The molecule has 0 aliphatic rings. The molecule has 0 fully saturated rings. The Balaban J connectivity index is 2.68. The lowest BCUT2D eigenvalue weighted by Gasteiger charge is -2.17. The molecule has 2 rings (SSSR count).